The zero-order valence-corrected chi connectivity index (χ0v) is 11.0. The van der Waals surface area contributed by atoms with Crippen molar-refractivity contribution in [3.05, 3.63) is 68.9 Å². The number of rotatable bonds is 2. The van der Waals surface area contributed by atoms with Crippen molar-refractivity contribution < 1.29 is 9.50 Å². The van der Waals surface area contributed by atoms with Crippen molar-refractivity contribution in [3.63, 3.8) is 0 Å². The maximum atomic E-state index is 12.8. The lowest BCUT2D eigenvalue weighted by molar-refractivity contribution is 0.220. The Morgan fingerprint density at radius 1 is 1.06 bits per heavy atom. The second-order valence-electron chi connectivity index (χ2n) is 3.66. The molecular formula is C13H9BrClFO. The standard InChI is InChI=1S/C13H9BrClFO/c14-10-5-9(6-11(15)7-10)13(17)8-1-3-12(16)4-2-8/h1-7,13,17H. The predicted molar refractivity (Wildman–Crippen MR) is 69.6 cm³/mol. The minimum atomic E-state index is -0.814. The van der Waals surface area contributed by atoms with Gasteiger partial charge in [0, 0.05) is 9.50 Å². The van der Waals surface area contributed by atoms with E-state index in [0.29, 0.717) is 16.1 Å². The molecule has 1 atom stereocenters. The van der Waals surface area contributed by atoms with Crippen LogP contribution in [0.2, 0.25) is 5.02 Å². The van der Waals surface area contributed by atoms with Crippen LogP contribution >= 0.6 is 27.5 Å². The Bertz CT molecular complexity index is 507. The molecule has 17 heavy (non-hydrogen) atoms. The van der Waals surface area contributed by atoms with Crippen LogP contribution in [0.1, 0.15) is 17.2 Å². The van der Waals surface area contributed by atoms with Gasteiger partial charge in [-0.2, -0.15) is 0 Å². The molecule has 0 fully saturated rings. The van der Waals surface area contributed by atoms with Gasteiger partial charge in [0.25, 0.3) is 0 Å². The Balaban J connectivity index is 2.36. The van der Waals surface area contributed by atoms with Gasteiger partial charge in [-0.3, -0.25) is 0 Å². The Morgan fingerprint density at radius 3 is 2.29 bits per heavy atom. The highest BCUT2D eigenvalue weighted by Gasteiger charge is 2.11. The molecule has 0 aliphatic carbocycles. The fourth-order valence-electron chi connectivity index (χ4n) is 1.57. The summed E-state index contributed by atoms with van der Waals surface area (Å²) in [7, 11) is 0. The smallest absolute Gasteiger partial charge is 0.123 e. The monoisotopic (exact) mass is 314 g/mol. The van der Waals surface area contributed by atoms with E-state index >= 15 is 0 Å². The molecule has 88 valence electrons. The highest BCUT2D eigenvalue weighted by Crippen LogP contribution is 2.27. The molecule has 0 aliphatic rings. The number of aliphatic hydroxyl groups excluding tert-OH is 1. The molecule has 2 aromatic rings. The topological polar surface area (TPSA) is 20.2 Å². The van der Waals surface area contributed by atoms with Gasteiger partial charge < -0.3 is 5.11 Å². The number of aliphatic hydroxyl groups is 1. The molecule has 0 amide bonds. The van der Waals surface area contributed by atoms with E-state index in [1.807, 2.05) is 0 Å². The second kappa shape index (κ2) is 5.17. The number of benzene rings is 2. The van der Waals surface area contributed by atoms with Gasteiger partial charge in [-0.1, -0.05) is 39.7 Å². The molecule has 0 heterocycles. The second-order valence-corrected chi connectivity index (χ2v) is 5.01. The molecule has 4 heteroatoms. The van der Waals surface area contributed by atoms with Crippen molar-refractivity contribution in [2.75, 3.05) is 0 Å². The van der Waals surface area contributed by atoms with E-state index in [1.165, 1.54) is 12.1 Å². The first-order valence-corrected chi connectivity index (χ1v) is 6.13. The van der Waals surface area contributed by atoms with Gasteiger partial charge in [-0.15, -0.1) is 0 Å². The zero-order chi connectivity index (χ0) is 12.4. The predicted octanol–water partition coefficient (Wildman–Crippen LogP) is 4.32. The first-order valence-electron chi connectivity index (χ1n) is 4.96. The van der Waals surface area contributed by atoms with Crippen LogP contribution < -0.4 is 0 Å². The summed E-state index contributed by atoms with van der Waals surface area (Å²) < 4.78 is 13.6. The third kappa shape index (κ3) is 3.06. The molecule has 0 saturated heterocycles. The van der Waals surface area contributed by atoms with Crippen LogP contribution in [-0.4, -0.2) is 5.11 Å². The summed E-state index contributed by atoms with van der Waals surface area (Å²) in [6.45, 7) is 0. The normalized spacial score (nSPS) is 12.5. The van der Waals surface area contributed by atoms with Crippen LogP contribution in [0.3, 0.4) is 0 Å². The van der Waals surface area contributed by atoms with Crippen molar-refractivity contribution >= 4 is 27.5 Å². The minimum Gasteiger partial charge on any atom is -0.384 e. The highest BCUT2D eigenvalue weighted by atomic mass is 79.9. The van der Waals surface area contributed by atoms with Crippen molar-refractivity contribution in [3.8, 4) is 0 Å². The van der Waals surface area contributed by atoms with Gasteiger partial charge in [0.15, 0.2) is 0 Å². The first kappa shape index (κ1) is 12.6. The van der Waals surface area contributed by atoms with E-state index in [1.54, 1.807) is 30.3 Å². The number of hydrogen-bond donors (Lipinski definition) is 1. The maximum Gasteiger partial charge on any atom is 0.123 e. The van der Waals surface area contributed by atoms with Gasteiger partial charge >= 0.3 is 0 Å². The fourth-order valence-corrected chi connectivity index (χ4v) is 2.46. The van der Waals surface area contributed by atoms with Crippen LogP contribution in [0.25, 0.3) is 0 Å². The van der Waals surface area contributed by atoms with E-state index in [0.717, 1.165) is 4.47 Å². The lowest BCUT2D eigenvalue weighted by Crippen LogP contribution is -1.99. The van der Waals surface area contributed by atoms with Gasteiger partial charge in [0.2, 0.25) is 0 Å². The largest absolute Gasteiger partial charge is 0.384 e. The average molecular weight is 316 g/mol. The Kier molecular flexibility index (Phi) is 3.82. The van der Waals surface area contributed by atoms with Crippen LogP contribution in [0.4, 0.5) is 4.39 Å². The van der Waals surface area contributed by atoms with Crippen LogP contribution in [0, 0.1) is 5.82 Å². The van der Waals surface area contributed by atoms with E-state index < -0.39 is 6.10 Å². The van der Waals surface area contributed by atoms with E-state index in [9.17, 15) is 9.50 Å². The Labute approximate surface area is 112 Å². The summed E-state index contributed by atoms with van der Waals surface area (Å²) in [6.07, 6.45) is -0.814. The fraction of sp³-hybridized carbons (Fsp3) is 0.0769. The van der Waals surface area contributed by atoms with Gasteiger partial charge in [0.1, 0.15) is 11.9 Å². The molecule has 0 aliphatic heterocycles. The van der Waals surface area contributed by atoms with Gasteiger partial charge in [-0.05, 0) is 41.5 Å². The molecule has 0 bridgehead atoms. The minimum absolute atomic E-state index is 0.326. The molecule has 0 saturated carbocycles. The highest BCUT2D eigenvalue weighted by molar-refractivity contribution is 9.10. The molecule has 1 nitrogen and oxygen atoms in total. The summed E-state index contributed by atoms with van der Waals surface area (Å²) in [5.74, 6) is -0.326. The summed E-state index contributed by atoms with van der Waals surface area (Å²) in [5.41, 5.74) is 1.29. The maximum absolute atomic E-state index is 12.8. The van der Waals surface area contributed by atoms with Crippen molar-refractivity contribution in [1.82, 2.24) is 0 Å². The van der Waals surface area contributed by atoms with E-state index in [-0.39, 0.29) is 5.82 Å². The Hall–Kier alpha value is -0.900. The molecular weight excluding hydrogens is 306 g/mol. The third-order valence-corrected chi connectivity index (χ3v) is 3.06. The quantitative estimate of drug-likeness (QED) is 0.875. The average Bonchev–Trinajstić information content (AvgIpc) is 2.28. The van der Waals surface area contributed by atoms with Crippen LogP contribution in [0.15, 0.2) is 46.9 Å². The van der Waals surface area contributed by atoms with Crippen molar-refractivity contribution in [1.29, 1.82) is 0 Å². The zero-order valence-electron chi connectivity index (χ0n) is 8.70. The summed E-state index contributed by atoms with van der Waals surface area (Å²) in [5, 5.41) is 10.7. The lowest BCUT2D eigenvalue weighted by atomic mass is 10.0. The lowest BCUT2D eigenvalue weighted by Gasteiger charge is -2.12. The number of hydrogen-bond acceptors (Lipinski definition) is 1. The van der Waals surface area contributed by atoms with E-state index in [4.69, 9.17) is 11.6 Å². The summed E-state index contributed by atoms with van der Waals surface area (Å²) >= 11 is 9.22. The first-order chi connectivity index (χ1) is 8.06. The number of halogens is 3. The molecule has 2 rings (SSSR count). The molecule has 1 N–H and O–H groups in total. The molecule has 0 aromatic heterocycles. The molecule has 0 radical (unpaired) electrons. The summed E-state index contributed by atoms with van der Waals surface area (Å²) in [6, 6.07) is 10.9. The van der Waals surface area contributed by atoms with Crippen molar-refractivity contribution in [2.45, 2.75) is 6.10 Å². The van der Waals surface area contributed by atoms with Gasteiger partial charge in [-0.25, -0.2) is 4.39 Å². The SMILES string of the molecule is OC(c1ccc(F)cc1)c1cc(Cl)cc(Br)c1. The van der Waals surface area contributed by atoms with Gasteiger partial charge in [0.05, 0.1) is 0 Å². The molecule has 2 aromatic carbocycles. The molecule has 1 unspecified atom stereocenters. The summed E-state index contributed by atoms with van der Waals surface area (Å²) in [4.78, 5) is 0. The third-order valence-electron chi connectivity index (χ3n) is 2.39. The van der Waals surface area contributed by atoms with Crippen LogP contribution in [0.5, 0.6) is 0 Å². The van der Waals surface area contributed by atoms with Crippen LogP contribution in [-0.2, 0) is 0 Å². The Morgan fingerprint density at radius 2 is 1.71 bits per heavy atom. The van der Waals surface area contributed by atoms with E-state index in [2.05, 4.69) is 15.9 Å². The molecule has 0 spiro atoms. The van der Waals surface area contributed by atoms with Crippen molar-refractivity contribution in [2.24, 2.45) is 0 Å².